The molecule has 0 spiro atoms. The van der Waals surface area contributed by atoms with Crippen LogP contribution in [0, 0.1) is 6.92 Å². The molecule has 1 unspecified atom stereocenters. The van der Waals surface area contributed by atoms with Crippen molar-refractivity contribution >= 4 is 11.6 Å². The van der Waals surface area contributed by atoms with E-state index in [1.54, 1.807) is 6.07 Å². The fourth-order valence-corrected chi connectivity index (χ4v) is 2.13. The first-order valence-electron chi connectivity index (χ1n) is 6.29. The zero-order chi connectivity index (χ0) is 13.8. The van der Waals surface area contributed by atoms with Crippen LogP contribution in [0.2, 0.25) is 5.02 Å². The van der Waals surface area contributed by atoms with E-state index in [4.69, 9.17) is 16.3 Å². The molecule has 0 bridgehead atoms. The lowest BCUT2D eigenvalue weighted by Crippen LogP contribution is -2.04. The van der Waals surface area contributed by atoms with Crippen molar-refractivity contribution in [1.82, 2.24) is 0 Å². The Morgan fingerprint density at radius 2 is 1.95 bits per heavy atom. The molecule has 0 saturated carbocycles. The average Bonchev–Trinajstić information content (AvgIpc) is 2.42. The van der Waals surface area contributed by atoms with Gasteiger partial charge in [-0.15, -0.1) is 0 Å². The minimum absolute atomic E-state index is 0.573. The minimum Gasteiger partial charge on any atom is -0.493 e. The summed E-state index contributed by atoms with van der Waals surface area (Å²) in [6.07, 6.45) is -0.710. The van der Waals surface area contributed by atoms with E-state index in [1.807, 2.05) is 50.2 Å². The molecule has 19 heavy (non-hydrogen) atoms. The topological polar surface area (TPSA) is 29.5 Å². The largest absolute Gasteiger partial charge is 0.493 e. The van der Waals surface area contributed by atoms with E-state index in [2.05, 4.69) is 0 Å². The Morgan fingerprint density at radius 3 is 2.63 bits per heavy atom. The van der Waals surface area contributed by atoms with Gasteiger partial charge in [-0.05, 0) is 37.1 Å². The summed E-state index contributed by atoms with van der Waals surface area (Å²) in [5, 5.41) is 11.2. The van der Waals surface area contributed by atoms with E-state index in [9.17, 15) is 5.11 Å². The zero-order valence-electron chi connectivity index (χ0n) is 11.1. The highest BCUT2D eigenvalue weighted by Crippen LogP contribution is 2.31. The Hall–Kier alpha value is -1.51. The van der Waals surface area contributed by atoms with Crippen LogP contribution < -0.4 is 4.74 Å². The number of para-hydroxylation sites is 1. The molecule has 3 heteroatoms. The third-order valence-corrected chi connectivity index (χ3v) is 3.44. The van der Waals surface area contributed by atoms with Gasteiger partial charge in [0, 0.05) is 10.6 Å². The van der Waals surface area contributed by atoms with Crippen molar-refractivity contribution in [3.8, 4) is 5.75 Å². The fourth-order valence-electron chi connectivity index (χ4n) is 2.01. The molecule has 100 valence electrons. The molecule has 0 aliphatic heterocycles. The Bertz CT molecular complexity index is 566. The molecule has 2 aromatic carbocycles. The van der Waals surface area contributed by atoms with Gasteiger partial charge >= 0.3 is 0 Å². The molecule has 0 heterocycles. The molecule has 2 nitrogen and oxygen atoms in total. The second-order valence-corrected chi connectivity index (χ2v) is 4.79. The van der Waals surface area contributed by atoms with Crippen molar-refractivity contribution < 1.29 is 9.84 Å². The average molecular weight is 277 g/mol. The quantitative estimate of drug-likeness (QED) is 0.910. The predicted molar refractivity (Wildman–Crippen MR) is 77.9 cm³/mol. The van der Waals surface area contributed by atoms with Crippen LogP contribution in [0.4, 0.5) is 0 Å². The van der Waals surface area contributed by atoms with Gasteiger partial charge in [-0.3, -0.25) is 0 Å². The Kier molecular flexibility index (Phi) is 4.46. The molecule has 0 amide bonds. The molecule has 0 aromatic heterocycles. The number of ether oxygens (including phenoxy) is 1. The first-order chi connectivity index (χ1) is 9.13. The highest BCUT2D eigenvalue weighted by atomic mass is 35.5. The van der Waals surface area contributed by atoms with Crippen LogP contribution in [-0.2, 0) is 0 Å². The number of benzene rings is 2. The Balaban J connectivity index is 2.37. The summed E-state index contributed by atoms with van der Waals surface area (Å²) in [5.41, 5.74) is 2.53. The maximum atomic E-state index is 10.5. The van der Waals surface area contributed by atoms with Gasteiger partial charge in [-0.2, -0.15) is 0 Å². The maximum absolute atomic E-state index is 10.5. The van der Waals surface area contributed by atoms with Crippen molar-refractivity contribution in [2.75, 3.05) is 6.61 Å². The van der Waals surface area contributed by atoms with E-state index in [-0.39, 0.29) is 0 Å². The lowest BCUT2D eigenvalue weighted by atomic mass is 9.99. The van der Waals surface area contributed by atoms with Crippen molar-refractivity contribution in [3.05, 3.63) is 64.2 Å². The van der Waals surface area contributed by atoms with Crippen LogP contribution in [0.15, 0.2) is 42.5 Å². The number of aliphatic hydroxyl groups excluding tert-OH is 1. The van der Waals surface area contributed by atoms with Crippen LogP contribution in [0.3, 0.4) is 0 Å². The minimum atomic E-state index is -0.710. The molecule has 1 atom stereocenters. The van der Waals surface area contributed by atoms with Gasteiger partial charge < -0.3 is 9.84 Å². The van der Waals surface area contributed by atoms with Crippen LogP contribution in [0.1, 0.15) is 29.7 Å². The van der Waals surface area contributed by atoms with Crippen LogP contribution >= 0.6 is 11.6 Å². The van der Waals surface area contributed by atoms with Gasteiger partial charge in [-0.1, -0.05) is 41.9 Å². The molecule has 0 fully saturated rings. The first-order valence-corrected chi connectivity index (χ1v) is 6.67. The summed E-state index contributed by atoms with van der Waals surface area (Å²) in [7, 11) is 0. The van der Waals surface area contributed by atoms with E-state index >= 15 is 0 Å². The Labute approximate surface area is 118 Å². The number of rotatable bonds is 4. The lowest BCUT2D eigenvalue weighted by molar-refractivity contribution is 0.212. The van der Waals surface area contributed by atoms with Crippen LogP contribution in [-0.4, -0.2) is 11.7 Å². The normalized spacial score (nSPS) is 12.2. The van der Waals surface area contributed by atoms with E-state index in [1.165, 1.54) is 0 Å². The van der Waals surface area contributed by atoms with Crippen molar-refractivity contribution in [3.63, 3.8) is 0 Å². The summed E-state index contributed by atoms with van der Waals surface area (Å²) in [5.74, 6) is 0.713. The molecule has 0 saturated heterocycles. The molecule has 1 N–H and O–H groups in total. The fraction of sp³-hybridized carbons (Fsp3) is 0.250. The van der Waals surface area contributed by atoms with Gasteiger partial charge in [0.2, 0.25) is 0 Å². The summed E-state index contributed by atoms with van der Waals surface area (Å²) < 4.78 is 5.55. The maximum Gasteiger partial charge on any atom is 0.125 e. The van der Waals surface area contributed by atoms with Gasteiger partial charge in [0.15, 0.2) is 0 Å². The number of aliphatic hydroxyl groups is 1. The second-order valence-electron chi connectivity index (χ2n) is 4.38. The Morgan fingerprint density at radius 1 is 1.21 bits per heavy atom. The number of aryl methyl sites for hydroxylation is 1. The number of hydrogen-bond acceptors (Lipinski definition) is 2. The third-order valence-electron chi connectivity index (χ3n) is 3.01. The third kappa shape index (κ3) is 3.09. The van der Waals surface area contributed by atoms with Crippen molar-refractivity contribution in [2.24, 2.45) is 0 Å². The van der Waals surface area contributed by atoms with Gasteiger partial charge in [0.05, 0.1) is 6.61 Å². The number of hydrogen-bond donors (Lipinski definition) is 1. The molecule has 0 aliphatic rings. The molecule has 0 radical (unpaired) electrons. The van der Waals surface area contributed by atoms with Gasteiger partial charge in [0.25, 0.3) is 0 Å². The predicted octanol–water partition coefficient (Wildman–Crippen LogP) is 4.13. The van der Waals surface area contributed by atoms with E-state index < -0.39 is 6.10 Å². The van der Waals surface area contributed by atoms with Crippen LogP contribution in [0.5, 0.6) is 5.75 Å². The molecule has 2 rings (SSSR count). The standard InChI is InChI=1S/C16H17ClO2/c1-3-19-15-7-5-4-6-13(15)16(18)12-8-9-14(17)11(2)10-12/h4-10,16,18H,3H2,1-2H3. The lowest BCUT2D eigenvalue weighted by Gasteiger charge is -2.16. The highest BCUT2D eigenvalue weighted by Gasteiger charge is 2.15. The SMILES string of the molecule is CCOc1ccccc1C(O)c1ccc(Cl)c(C)c1. The summed E-state index contributed by atoms with van der Waals surface area (Å²) >= 11 is 6.01. The smallest absolute Gasteiger partial charge is 0.125 e. The van der Waals surface area contributed by atoms with Crippen molar-refractivity contribution in [2.45, 2.75) is 20.0 Å². The summed E-state index contributed by atoms with van der Waals surface area (Å²) in [6.45, 7) is 4.42. The number of halogens is 1. The molecular formula is C16H17ClO2. The monoisotopic (exact) mass is 276 g/mol. The van der Waals surface area contributed by atoms with E-state index in [0.29, 0.717) is 17.4 Å². The highest BCUT2D eigenvalue weighted by molar-refractivity contribution is 6.31. The first kappa shape index (κ1) is 13.9. The molecule has 0 aliphatic carbocycles. The van der Waals surface area contributed by atoms with E-state index in [0.717, 1.165) is 16.7 Å². The van der Waals surface area contributed by atoms with Gasteiger partial charge in [0.1, 0.15) is 11.9 Å². The van der Waals surface area contributed by atoms with Crippen molar-refractivity contribution in [1.29, 1.82) is 0 Å². The molecule has 2 aromatic rings. The summed E-state index contributed by atoms with van der Waals surface area (Å²) in [6, 6.07) is 13.1. The summed E-state index contributed by atoms with van der Waals surface area (Å²) in [4.78, 5) is 0. The second kappa shape index (κ2) is 6.09. The van der Waals surface area contributed by atoms with Gasteiger partial charge in [-0.25, -0.2) is 0 Å². The molecular weight excluding hydrogens is 260 g/mol. The zero-order valence-corrected chi connectivity index (χ0v) is 11.8. The van der Waals surface area contributed by atoms with Crippen LogP contribution in [0.25, 0.3) is 0 Å².